The van der Waals surface area contributed by atoms with Gasteiger partial charge < -0.3 is 15.5 Å². The predicted octanol–water partition coefficient (Wildman–Crippen LogP) is 5.66. The zero-order valence-corrected chi connectivity index (χ0v) is 19.7. The zero-order valence-electron chi connectivity index (χ0n) is 18.9. The van der Waals surface area contributed by atoms with Crippen LogP contribution in [0, 0.1) is 11.3 Å². The summed E-state index contributed by atoms with van der Waals surface area (Å²) in [6.07, 6.45) is 9.35. The fourth-order valence-corrected chi connectivity index (χ4v) is 6.02. The van der Waals surface area contributed by atoms with Gasteiger partial charge in [0.05, 0.1) is 16.5 Å². The average Bonchev–Trinajstić information content (AvgIpc) is 3.35. The highest BCUT2D eigenvalue weighted by atomic mass is 32.1. The molecule has 170 valence electrons. The molecule has 1 aromatic heterocycles. The van der Waals surface area contributed by atoms with Crippen LogP contribution in [0.1, 0.15) is 44.1 Å². The van der Waals surface area contributed by atoms with Gasteiger partial charge in [0.25, 0.3) is 0 Å². The Balaban J connectivity index is 1.22. The third kappa shape index (κ3) is 5.38. The summed E-state index contributed by atoms with van der Waals surface area (Å²) < 4.78 is 0. The maximum absolute atomic E-state index is 9.07. The lowest BCUT2D eigenvalue weighted by molar-refractivity contribution is 0.293. The monoisotopic (exact) mass is 457 g/mol. The molecule has 5 rings (SSSR count). The SMILES string of the molecule is N#Cc1ccc(N2CCCC(N[C@@H]3CCCC[C@H]3Nc3ncc(-c4ccccc4)s3)C2)cc1. The van der Waals surface area contributed by atoms with Crippen LogP contribution >= 0.6 is 11.3 Å². The van der Waals surface area contributed by atoms with Crippen LogP contribution in [-0.2, 0) is 0 Å². The van der Waals surface area contributed by atoms with Crippen LogP contribution in [0.4, 0.5) is 10.8 Å². The maximum Gasteiger partial charge on any atom is 0.183 e. The normalized spacial score (nSPS) is 23.1. The Kier molecular flexibility index (Phi) is 6.89. The van der Waals surface area contributed by atoms with Crippen LogP contribution in [0.15, 0.2) is 60.8 Å². The quantitative estimate of drug-likeness (QED) is 0.500. The second-order valence-electron chi connectivity index (χ2n) is 9.15. The summed E-state index contributed by atoms with van der Waals surface area (Å²) in [5.74, 6) is 0. The molecule has 1 unspecified atom stereocenters. The van der Waals surface area contributed by atoms with Crippen molar-refractivity contribution in [1.29, 1.82) is 5.26 Å². The number of piperidine rings is 1. The molecule has 2 N–H and O–H groups in total. The standard InChI is InChI=1S/C27H31N5S/c28-17-20-12-14-23(15-13-20)32-16-6-9-22(19-32)30-24-10-4-5-11-25(24)31-27-29-18-26(33-27)21-7-2-1-3-8-21/h1-3,7-8,12-15,18,22,24-25,30H,4-6,9-11,16,19H2,(H,29,31)/t22?,24-,25-/m1/s1. The van der Waals surface area contributed by atoms with E-state index >= 15 is 0 Å². The predicted molar refractivity (Wildman–Crippen MR) is 137 cm³/mol. The lowest BCUT2D eigenvalue weighted by Gasteiger charge is -2.40. The van der Waals surface area contributed by atoms with Crippen molar-refractivity contribution in [1.82, 2.24) is 10.3 Å². The Labute approximate surface area is 200 Å². The molecule has 3 aromatic rings. The van der Waals surface area contributed by atoms with Gasteiger partial charge in [-0.25, -0.2) is 4.98 Å². The van der Waals surface area contributed by atoms with Gasteiger partial charge in [-0.1, -0.05) is 54.5 Å². The third-order valence-electron chi connectivity index (χ3n) is 6.87. The molecular formula is C27H31N5S. The number of nitrogens with zero attached hydrogens (tertiary/aromatic N) is 3. The number of thiazole rings is 1. The van der Waals surface area contributed by atoms with Gasteiger partial charge in [0.2, 0.25) is 0 Å². The van der Waals surface area contributed by atoms with E-state index < -0.39 is 0 Å². The summed E-state index contributed by atoms with van der Waals surface area (Å²) in [4.78, 5) is 8.35. The molecule has 3 atom stereocenters. The smallest absolute Gasteiger partial charge is 0.183 e. The summed E-state index contributed by atoms with van der Waals surface area (Å²) in [6.45, 7) is 2.10. The van der Waals surface area contributed by atoms with Crippen LogP contribution in [0.25, 0.3) is 10.4 Å². The minimum Gasteiger partial charge on any atom is -0.370 e. The van der Waals surface area contributed by atoms with Crippen molar-refractivity contribution in [2.45, 2.75) is 56.7 Å². The van der Waals surface area contributed by atoms with Gasteiger partial charge in [-0.2, -0.15) is 5.26 Å². The first kappa shape index (κ1) is 21.9. The van der Waals surface area contributed by atoms with Crippen molar-refractivity contribution >= 4 is 22.2 Å². The van der Waals surface area contributed by atoms with Crippen LogP contribution in [-0.4, -0.2) is 36.2 Å². The summed E-state index contributed by atoms with van der Waals surface area (Å²) in [5, 5.41) is 17.9. The highest BCUT2D eigenvalue weighted by molar-refractivity contribution is 7.18. The number of hydrogen-bond acceptors (Lipinski definition) is 6. The molecule has 2 heterocycles. The van der Waals surface area contributed by atoms with E-state index in [9.17, 15) is 0 Å². The molecule has 0 spiro atoms. The van der Waals surface area contributed by atoms with Gasteiger partial charge in [0.15, 0.2) is 5.13 Å². The lowest BCUT2D eigenvalue weighted by Crippen LogP contribution is -2.54. The number of hydrogen-bond donors (Lipinski definition) is 2. The first-order valence-corrected chi connectivity index (χ1v) is 12.9. The maximum atomic E-state index is 9.07. The topological polar surface area (TPSA) is 64.0 Å². The van der Waals surface area contributed by atoms with E-state index in [1.165, 1.54) is 54.7 Å². The van der Waals surface area contributed by atoms with Crippen LogP contribution in [0.2, 0.25) is 0 Å². The Bertz CT molecular complexity index is 1070. The van der Waals surface area contributed by atoms with Gasteiger partial charge in [-0.3, -0.25) is 0 Å². The van der Waals surface area contributed by atoms with E-state index in [0.717, 1.165) is 23.8 Å². The third-order valence-corrected chi connectivity index (χ3v) is 7.85. The Morgan fingerprint density at radius 2 is 1.73 bits per heavy atom. The van der Waals surface area contributed by atoms with Crippen molar-refractivity contribution in [3.05, 3.63) is 66.4 Å². The van der Waals surface area contributed by atoms with Gasteiger partial charge in [0.1, 0.15) is 0 Å². The van der Waals surface area contributed by atoms with Crippen LogP contribution in [0.5, 0.6) is 0 Å². The summed E-state index contributed by atoms with van der Waals surface area (Å²) in [5.41, 5.74) is 3.17. The van der Waals surface area contributed by atoms with Gasteiger partial charge in [-0.15, -0.1) is 0 Å². The number of nitrogens with one attached hydrogen (secondary N) is 2. The van der Waals surface area contributed by atoms with Crippen LogP contribution in [0.3, 0.4) is 0 Å². The van der Waals surface area contributed by atoms with Gasteiger partial charge in [-0.05, 0) is 55.5 Å². The van der Waals surface area contributed by atoms with Crippen molar-refractivity contribution in [2.75, 3.05) is 23.3 Å². The molecular weight excluding hydrogens is 426 g/mol. The number of benzene rings is 2. The Morgan fingerprint density at radius 1 is 0.939 bits per heavy atom. The van der Waals surface area contributed by atoms with E-state index in [4.69, 9.17) is 5.26 Å². The second-order valence-corrected chi connectivity index (χ2v) is 10.2. The number of nitriles is 1. The minimum absolute atomic E-state index is 0.416. The van der Waals surface area contributed by atoms with Crippen molar-refractivity contribution < 1.29 is 0 Å². The number of anilines is 2. The van der Waals surface area contributed by atoms with Gasteiger partial charge >= 0.3 is 0 Å². The fraction of sp³-hybridized carbons (Fsp3) is 0.407. The van der Waals surface area contributed by atoms with Gasteiger partial charge in [0, 0.05) is 43.1 Å². The molecule has 6 heteroatoms. The van der Waals surface area contributed by atoms with E-state index in [-0.39, 0.29) is 0 Å². The zero-order chi connectivity index (χ0) is 22.5. The van der Waals surface area contributed by atoms with E-state index in [0.29, 0.717) is 18.1 Å². The van der Waals surface area contributed by atoms with E-state index in [1.54, 1.807) is 11.3 Å². The lowest BCUT2D eigenvalue weighted by atomic mass is 9.89. The molecule has 0 bridgehead atoms. The summed E-state index contributed by atoms with van der Waals surface area (Å²) in [7, 11) is 0. The molecule has 2 aromatic carbocycles. The minimum atomic E-state index is 0.416. The van der Waals surface area contributed by atoms with E-state index in [2.05, 4.69) is 69.1 Å². The highest BCUT2D eigenvalue weighted by Crippen LogP contribution is 2.31. The number of aromatic nitrogens is 1. The first-order valence-electron chi connectivity index (χ1n) is 12.1. The fourth-order valence-electron chi connectivity index (χ4n) is 5.14. The number of rotatable bonds is 6. The molecule has 0 amide bonds. The molecule has 1 aliphatic carbocycles. The van der Waals surface area contributed by atoms with Crippen molar-refractivity contribution in [2.24, 2.45) is 0 Å². The molecule has 1 saturated heterocycles. The molecule has 1 saturated carbocycles. The molecule has 33 heavy (non-hydrogen) atoms. The van der Waals surface area contributed by atoms with E-state index in [1.807, 2.05) is 18.3 Å². The Hall–Kier alpha value is -2.88. The first-order chi connectivity index (χ1) is 16.3. The van der Waals surface area contributed by atoms with Crippen molar-refractivity contribution in [3.63, 3.8) is 0 Å². The van der Waals surface area contributed by atoms with Crippen LogP contribution < -0.4 is 15.5 Å². The molecule has 0 radical (unpaired) electrons. The highest BCUT2D eigenvalue weighted by Gasteiger charge is 2.29. The summed E-state index contributed by atoms with van der Waals surface area (Å²) in [6, 6.07) is 22.1. The molecule has 1 aliphatic heterocycles. The average molecular weight is 458 g/mol. The second kappa shape index (κ2) is 10.4. The summed E-state index contributed by atoms with van der Waals surface area (Å²) >= 11 is 1.75. The van der Waals surface area contributed by atoms with Crippen molar-refractivity contribution in [3.8, 4) is 16.5 Å². The Morgan fingerprint density at radius 3 is 2.52 bits per heavy atom. The molecule has 5 nitrogen and oxygen atoms in total. The largest absolute Gasteiger partial charge is 0.370 e. The molecule has 2 fully saturated rings. The molecule has 2 aliphatic rings.